The van der Waals surface area contributed by atoms with Crippen molar-refractivity contribution < 1.29 is 18.3 Å². The maximum Gasteiger partial charge on any atom is 0.315 e. The van der Waals surface area contributed by atoms with E-state index in [1.54, 1.807) is 0 Å². The van der Waals surface area contributed by atoms with Crippen molar-refractivity contribution in [2.45, 2.75) is 31.9 Å². The molecular weight excluding hydrogens is 194 g/mol. The Morgan fingerprint density at radius 3 is 2.79 bits per heavy atom. The molecular formula is C8H14F2N2O2. The summed E-state index contributed by atoms with van der Waals surface area (Å²) in [6, 6.07) is -1.74. The van der Waals surface area contributed by atoms with Gasteiger partial charge in [0.05, 0.1) is 18.7 Å². The predicted molar refractivity (Wildman–Crippen MR) is 46.4 cm³/mol. The fraction of sp³-hybridized carbons (Fsp3) is 0.875. The molecule has 82 valence electrons. The Kier molecular flexibility index (Phi) is 4.06. The zero-order valence-corrected chi connectivity index (χ0v) is 7.93. The van der Waals surface area contributed by atoms with Gasteiger partial charge in [-0.25, -0.2) is 13.6 Å². The number of urea groups is 1. The van der Waals surface area contributed by atoms with Crippen molar-refractivity contribution >= 4 is 6.03 Å². The molecule has 6 heteroatoms. The summed E-state index contributed by atoms with van der Waals surface area (Å²) in [5.74, 6) is 0. The molecule has 2 atom stereocenters. The Bertz CT molecular complexity index is 190. The minimum absolute atomic E-state index is 0.0557. The summed E-state index contributed by atoms with van der Waals surface area (Å²) in [5, 5.41) is 4.71. The van der Waals surface area contributed by atoms with Crippen LogP contribution in [-0.4, -0.2) is 37.8 Å². The van der Waals surface area contributed by atoms with E-state index in [1.165, 1.54) is 6.92 Å². The van der Waals surface area contributed by atoms with E-state index >= 15 is 0 Å². The molecule has 2 N–H and O–H groups in total. The lowest BCUT2D eigenvalue weighted by Crippen LogP contribution is -2.47. The van der Waals surface area contributed by atoms with Gasteiger partial charge < -0.3 is 15.4 Å². The van der Waals surface area contributed by atoms with Gasteiger partial charge in [-0.05, 0) is 13.3 Å². The van der Waals surface area contributed by atoms with Crippen molar-refractivity contribution in [3.63, 3.8) is 0 Å². The first kappa shape index (κ1) is 11.2. The lowest BCUT2D eigenvalue weighted by molar-refractivity contribution is 0.108. The number of ether oxygens (including phenoxy) is 1. The molecule has 0 spiro atoms. The van der Waals surface area contributed by atoms with Crippen LogP contribution in [0.2, 0.25) is 0 Å². The highest BCUT2D eigenvalue weighted by atomic mass is 19.3. The van der Waals surface area contributed by atoms with Crippen LogP contribution >= 0.6 is 0 Å². The molecule has 2 amide bonds. The fourth-order valence-electron chi connectivity index (χ4n) is 1.15. The number of hydrogen-bond donors (Lipinski definition) is 2. The Morgan fingerprint density at radius 1 is 1.57 bits per heavy atom. The van der Waals surface area contributed by atoms with Gasteiger partial charge in [-0.15, -0.1) is 0 Å². The van der Waals surface area contributed by atoms with Gasteiger partial charge in [-0.1, -0.05) is 0 Å². The molecule has 1 rings (SSSR count). The standard InChI is InChI=1S/C8H14F2N2O2/c1-5(7(9)10)11-8(13)12-6-2-3-14-4-6/h5-7H,2-4H2,1H3,(H2,11,12,13). The number of amides is 2. The van der Waals surface area contributed by atoms with Gasteiger partial charge in [0, 0.05) is 6.61 Å². The molecule has 0 bridgehead atoms. The van der Waals surface area contributed by atoms with Crippen LogP contribution in [0.5, 0.6) is 0 Å². The second-order valence-electron chi connectivity index (χ2n) is 3.30. The Balaban J connectivity index is 2.21. The minimum atomic E-state index is -2.54. The summed E-state index contributed by atoms with van der Waals surface area (Å²) in [7, 11) is 0. The molecule has 2 unspecified atom stereocenters. The lowest BCUT2D eigenvalue weighted by Gasteiger charge is -2.16. The van der Waals surface area contributed by atoms with Crippen LogP contribution in [0.1, 0.15) is 13.3 Å². The number of halogens is 2. The Morgan fingerprint density at radius 2 is 2.29 bits per heavy atom. The van der Waals surface area contributed by atoms with Gasteiger partial charge in [0.1, 0.15) is 0 Å². The first-order chi connectivity index (χ1) is 6.59. The van der Waals surface area contributed by atoms with Gasteiger partial charge in [0.25, 0.3) is 6.43 Å². The van der Waals surface area contributed by atoms with Gasteiger partial charge in [0.2, 0.25) is 0 Å². The molecule has 0 aromatic heterocycles. The highest BCUT2D eigenvalue weighted by Gasteiger charge is 2.21. The zero-order chi connectivity index (χ0) is 10.6. The number of hydrogen-bond acceptors (Lipinski definition) is 2. The number of alkyl halides is 2. The SMILES string of the molecule is CC(NC(=O)NC1CCOC1)C(F)F. The number of rotatable bonds is 3. The van der Waals surface area contributed by atoms with E-state index in [1.807, 2.05) is 0 Å². The molecule has 1 saturated heterocycles. The third kappa shape index (κ3) is 3.45. The molecule has 0 saturated carbocycles. The molecule has 1 fully saturated rings. The highest BCUT2D eigenvalue weighted by Crippen LogP contribution is 2.03. The molecule has 1 aliphatic heterocycles. The van der Waals surface area contributed by atoms with Crippen LogP contribution in [0, 0.1) is 0 Å². The molecule has 14 heavy (non-hydrogen) atoms. The van der Waals surface area contributed by atoms with Crippen LogP contribution in [0.3, 0.4) is 0 Å². The van der Waals surface area contributed by atoms with E-state index < -0.39 is 18.5 Å². The molecule has 1 aliphatic rings. The van der Waals surface area contributed by atoms with Crippen LogP contribution in [-0.2, 0) is 4.74 Å². The van der Waals surface area contributed by atoms with E-state index in [2.05, 4.69) is 10.6 Å². The zero-order valence-electron chi connectivity index (χ0n) is 7.93. The normalized spacial score (nSPS) is 23.6. The summed E-state index contributed by atoms with van der Waals surface area (Å²) in [6.07, 6.45) is -1.81. The van der Waals surface area contributed by atoms with Crippen molar-refractivity contribution in [1.29, 1.82) is 0 Å². The predicted octanol–water partition coefficient (Wildman–Crippen LogP) is 0.728. The van der Waals surface area contributed by atoms with E-state index in [9.17, 15) is 13.6 Å². The van der Waals surface area contributed by atoms with Crippen molar-refractivity contribution in [2.24, 2.45) is 0 Å². The summed E-state index contributed by atoms with van der Waals surface area (Å²) in [6.45, 7) is 2.32. The van der Waals surface area contributed by atoms with Crippen molar-refractivity contribution in [3.8, 4) is 0 Å². The van der Waals surface area contributed by atoms with Crippen molar-refractivity contribution in [1.82, 2.24) is 10.6 Å². The first-order valence-electron chi connectivity index (χ1n) is 4.52. The molecule has 0 aromatic carbocycles. The van der Waals surface area contributed by atoms with Gasteiger partial charge in [0.15, 0.2) is 0 Å². The third-order valence-corrected chi connectivity index (χ3v) is 2.00. The summed E-state index contributed by atoms with van der Waals surface area (Å²) in [5.41, 5.74) is 0. The fourth-order valence-corrected chi connectivity index (χ4v) is 1.15. The Hall–Kier alpha value is -0.910. The maximum atomic E-state index is 12.0. The quantitative estimate of drug-likeness (QED) is 0.718. The molecule has 0 radical (unpaired) electrons. The van der Waals surface area contributed by atoms with Crippen LogP contribution in [0.4, 0.5) is 13.6 Å². The number of carbonyl (C=O) groups excluding carboxylic acids is 1. The first-order valence-corrected chi connectivity index (χ1v) is 4.52. The van der Waals surface area contributed by atoms with E-state index in [-0.39, 0.29) is 6.04 Å². The second kappa shape index (κ2) is 5.09. The number of carbonyl (C=O) groups is 1. The number of nitrogens with one attached hydrogen (secondary N) is 2. The Labute approximate surface area is 81.0 Å². The van der Waals surface area contributed by atoms with Gasteiger partial charge >= 0.3 is 6.03 Å². The lowest BCUT2D eigenvalue weighted by atomic mass is 10.3. The smallest absolute Gasteiger partial charge is 0.315 e. The van der Waals surface area contributed by atoms with Crippen LogP contribution < -0.4 is 10.6 Å². The average molecular weight is 208 g/mol. The van der Waals surface area contributed by atoms with E-state index in [0.29, 0.717) is 13.2 Å². The summed E-state index contributed by atoms with van der Waals surface area (Å²) < 4.78 is 29.1. The summed E-state index contributed by atoms with van der Waals surface area (Å²) in [4.78, 5) is 11.1. The van der Waals surface area contributed by atoms with E-state index in [4.69, 9.17) is 4.74 Å². The topological polar surface area (TPSA) is 50.4 Å². The minimum Gasteiger partial charge on any atom is -0.379 e. The molecule has 1 heterocycles. The monoisotopic (exact) mass is 208 g/mol. The average Bonchev–Trinajstić information content (AvgIpc) is 2.56. The van der Waals surface area contributed by atoms with Crippen molar-refractivity contribution in [2.75, 3.05) is 13.2 Å². The second-order valence-corrected chi connectivity index (χ2v) is 3.30. The van der Waals surface area contributed by atoms with Crippen LogP contribution in [0.15, 0.2) is 0 Å². The van der Waals surface area contributed by atoms with Crippen LogP contribution in [0.25, 0.3) is 0 Å². The molecule has 4 nitrogen and oxygen atoms in total. The molecule has 0 aliphatic carbocycles. The van der Waals surface area contributed by atoms with E-state index in [0.717, 1.165) is 6.42 Å². The largest absolute Gasteiger partial charge is 0.379 e. The third-order valence-electron chi connectivity index (χ3n) is 2.00. The highest BCUT2D eigenvalue weighted by molar-refractivity contribution is 5.74. The van der Waals surface area contributed by atoms with Gasteiger partial charge in [-0.2, -0.15) is 0 Å². The maximum absolute atomic E-state index is 12.0. The van der Waals surface area contributed by atoms with Gasteiger partial charge in [-0.3, -0.25) is 0 Å². The molecule has 0 aromatic rings. The summed E-state index contributed by atoms with van der Waals surface area (Å²) >= 11 is 0. The van der Waals surface area contributed by atoms with Crippen molar-refractivity contribution in [3.05, 3.63) is 0 Å².